The normalized spacial score (nSPS) is 10.1. The van der Waals surface area contributed by atoms with Gasteiger partial charge >= 0.3 is 0 Å². The Morgan fingerprint density at radius 2 is 1.79 bits per heavy atom. The van der Waals surface area contributed by atoms with Gasteiger partial charge in [-0.25, -0.2) is 0 Å². The molecule has 0 saturated heterocycles. The van der Waals surface area contributed by atoms with Gasteiger partial charge in [-0.3, -0.25) is 4.98 Å². The van der Waals surface area contributed by atoms with E-state index in [1.165, 1.54) is 9.13 Å². The third kappa shape index (κ3) is 2.54. The van der Waals surface area contributed by atoms with E-state index >= 15 is 0 Å². The van der Waals surface area contributed by atoms with Crippen molar-refractivity contribution in [3.05, 3.63) is 63.5 Å². The van der Waals surface area contributed by atoms with Gasteiger partial charge in [0.2, 0.25) is 0 Å². The van der Waals surface area contributed by atoms with Crippen LogP contribution in [0.1, 0.15) is 11.3 Å². The van der Waals surface area contributed by atoms with Gasteiger partial charge in [0.15, 0.2) is 0 Å². The molecular weight excluding hydrogens is 285 g/mol. The molecule has 14 heavy (non-hydrogen) atoms. The maximum Gasteiger partial charge on any atom is 0.0448 e. The lowest BCUT2D eigenvalue weighted by molar-refractivity contribution is 1.07. The van der Waals surface area contributed by atoms with E-state index in [0.717, 1.165) is 12.1 Å². The predicted octanol–water partition coefficient (Wildman–Crippen LogP) is 3.28. The highest BCUT2D eigenvalue weighted by atomic mass is 127. The minimum Gasteiger partial charge on any atom is -0.260 e. The van der Waals surface area contributed by atoms with Gasteiger partial charge in [-0.15, -0.1) is 0 Å². The number of benzene rings is 1. The monoisotopic (exact) mass is 295 g/mol. The molecule has 2 rings (SSSR count). The van der Waals surface area contributed by atoms with Crippen LogP contribution < -0.4 is 0 Å². The lowest BCUT2D eigenvalue weighted by atomic mass is 10.1. The number of pyridine rings is 1. The van der Waals surface area contributed by atoms with Crippen molar-refractivity contribution in [2.75, 3.05) is 0 Å². The summed E-state index contributed by atoms with van der Waals surface area (Å²) in [5.74, 6) is 0. The molecule has 0 bridgehead atoms. The average Bonchev–Trinajstić information content (AvgIpc) is 2.23. The second kappa shape index (κ2) is 4.55. The zero-order valence-electron chi connectivity index (χ0n) is 7.65. The van der Waals surface area contributed by atoms with Gasteiger partial charge in [-0.1, -0.05) is 30.3 Å². The van der Waals surface area contributed by atoms with E-state index in [2.05, 4.69) is 64.0 Å². The van der Waals surface area contributed by atoms with Crippen molar-refractivity contribution >= 4 is 22.6 Å². The van der Waals surface area contributed by atoms with Crippen molar-refractivity contribution in [1.82, 2.24) is 4.98 Å². The number of hydrogen-bond donors (Lipinski definition) is 0. The summed E-state index contributed by atoms with van der Waals surface area (Å²) < 4.78 is 1.18. The summed E-state index contributed by atoms with van der Waals surface area (Å²) in [5, 5.41) is 0. The van der Waals surface area contributed by atoms with Gasteiger partial charge in [0.25, 0.3) is 0 Å². The molecule has 0 unspecified atom stereocenters. The average molecular weight is 295 g/mol. The molecule has 0 atom stereocenters. The third-order valence-electron chi connectivity index (χ3n) is 2.02. The van der Waals surface area contributed by atoms with E-state index in [0.29, 0.717) is 0 Å². The quantitative estimate of drug-likeness (QED) is 0.775. The van der Waals surface area contributed by atoms with Crippen LogP contribution in [0.5, 0.6) is 0 Å². The fourth-order valence-electron chi connectivity index (χ4n) is 1.32. The fourth-order valence-corrected chi connectivity index (χ4v) is 1.64. The van der Waals surface area contributed by atoms with Crippen LogP contribution in [-0.4, -0.2) is 4.98 Å². The van der Waals surface area contributed by atoms with E-state index in [1.54, 1.807) is 0 Å². The summed E-state index contributed by atoms with van der Waals surface area (Å²) in [6.07, 6.45) is 2.82. The summed E-state index contributed by atoms with van der Waals surface area (Å²) in [6, 6.07) is 14.6. The third-order valence-corrected chi connectivity index (χ3v) is 2.65. The van der Waals surface area contributed by atoms with E-state index in [9.17, 15) is 0 Å². The molecule has 1 aromatic carbocycles. The van der Waals surface area contributed by atoms with Gasteiger partial charge in [0, 0.05) is 21.9 Å². The van der Waals surface area contributed by atoms with Gasteiger partial charge in [0.1, 0.15) is 0 Å². The lowest BCUT2D eigenvalue weighted by Crippen LogP contribution is -1.91. The van der Waals surface area contributed by atoms with Crippen molar-refractivity contribution in [2.24, 2.45) is 0 Å². The first-order chi connectivity index (χ1) is 6.84. The van der Waals surface area contributed by atoms with Gasteiger partial charge in [-0.2, -0.15) is 0 Å². The number of halogens is 1. The zero-order valence-corrected chi connectivity index (χ0v) is 9.81. The summed E-state index contributed by atoms with van der Waals surface area (Å²) in [7, 11) is 0. The molecule has 1 nitrogen and oxygen atoms in total. The van der Waals surface area contributed by atoms with Crippen LogP contribution in [0.2, 0.25) is 0 Å². The summed E-state index contributed by atoms with van der Waals surface area (Å²) in [5.41, 5.74) is 2.43. The zero-order chi connectivity index (χ0) is 9.80. The maximum absolute atomic E-state index is 4.37. The van der Waals surface area contributed by atoms with E-state index < -0.39 is 0 Å². The van der Waals surface area contributed by atoms with Crippen molar-refractivity contribution in [2.45, 2.75) is 6.42 Å². The molecule has 0 aliphatic rings. The molecule has 0 N–H and O–H groups in total. The van der Waals surface area contributed by atoms with Crippen LogP contribution >= 0.6 is 22.6 Å². The first-order valence-electron chi connectivity index (χ1n) is 4.49. The predicted molar refractivity (Wildman–Crippen MR) is 66.2 cm³/mol. The Labute approximate surface area is 97.3 Å². The summed E-state index contributed by atoms with van der Waals surface area (Å²) in [6.45, 7) is 0. The molecule has 1 aromatic heterocycles. The number of nitrogens with zero attached hydrogens (tertiary/aromatic N) is 1. The number of hydrogen-bond acceptors (Lipinski definition) is 1. The molecule has 0 fully saturated rings. The van der Waals surface area contributed by atoms with E-state index in [1.807, 2.05) is 12.3 Å². The molecule has 70 valence electrons. The second-order valence-electron chi connectivity index (χ2n) is 3.13. The largest absolute Gasteiger partial charge is 0.260 e. The number of rotatable bonds is 2. The van der Waals surface area contributed by atoms with Crippen LogP contribution in [0, 0.1) is 3.57 Å². The van der Waals surface area contributed by atoms with Crippen LogP contribution in [0.4, 0.5) is 0 Å². The van der Waals surface area contributed by atoms with Crippen LogP contribution in [0.15, 0.2) is 48.7 Å². The standard InChI is InChI=1S/C12H10IN/c13-11-6-7-12(14-9-11)8-10-4-2-1-3-5-10/h1-7,9H,8H2. The molecular formula is C12H10IN. The summed E-state index contributed by atoms with van der Waals surface area (Å²) >= 11 is 2.27. The van der Waals surface area contributed by atoms with Crippen molar-refractivity contribution in [1.29, 1.82) is 0 Å². The molecule has 0 spiro atoms. The Bertz CT molecular complexity index is 394. The van der Waals surface area contributed by atoms with E-state index in [4.69, 9.17) is 0 Å². The smallest absolute Gasteiger partial charge is 0.0448 e. The fraction of sp³-hybridized carbons (Fsp3) is 0.0833. The second-order valence-corrected chi connectivity index (χ2v) is 4.38. The highest BCUT2D eigenvalue weighted by Gasteiger charge is 1.96. The van der Waals surface area contributed by atoms with Crippen LogP contribution in [0.3, 0.4) is 0 Å². The topological polar surface area (TPSA) is 12.9 Å². The Balaban J connectivity index is 2.16. The molecule has 1 heterocycles. The molecule has 0 amide bonds. The number of aromatic nitrogens is 1. The molecule has 2 aromatic rings. The SMILES string of the molecule is Ic1ccc(Cc2ccccc2)nc1. The molecule has 0 aliphatic carbocycles. The Morgan fingerprint density at radius 1 is 1.00 bits per heavy atom. The molecule has 0 saturated carbocycles. The Hall–Kier alpha value is -0.900. The Kier molecular flexibility index (Phi) is 3.14. The maximum atomic E-state index is 4.37. The van der Waals surface area contributed by atoms with Crippen LogP contribution in [0.25, 0.3) is 0 Å². The van der Waals surface area contributed by atoms with E-state index in [-0.39, 0.29) is 0 Å². The highest BCUT2D eigenvalue weighted by Crippen LogP contribution is 2.08. The van der Waals surface area contributed by atoms with Crippen molar-refractivity contribution < 1.29 is 0 Å². The highest BCUT2D eigenvalue weighted by molar-refractivity contribution is 14.1. The minimum absolute atomic E-state index is 0.914. The molecule has 0 aliphatic heterocycles. The summed E-state index contributed by atoms with van der Waals surface area (Å²) in [4.78, 5) is 4.37. The van der Waals surface area contributed by atoms with Gasteiger partial charge < -0.3 is 0 Å². The lowest BCUT2D eigenvalue weighted by Gasteiger charge is -2.00. The minimum atomic E-state index is 0.914. The van der Waals surface area contributed by atoms with Crippen molar-refractivity contribution in [3.63, 3.8) is 0 Å². The first-order valence-corrected chi connectivity index (χ1v) is 5.57. The Morgan fingerprint density at radius 3 is 2.43 bits per heavy atom. The first kappa shape index (κ1) is 9.65. The molecule has 2 heteroatoms. The van der Waals surface area contributed by atoms with Crippen LogP contribution in [-0.2, 0) is 6.42 Å². The van der Waals surface area contributed by atoms with Gasteiger partial charge in [0.05, 0.1) is 0 Å². The van der Waals surface area contributed by atoms with Crippen molar-refractivity contribution in [3.8, 4) is 0 Å². The molecule has 0 radical (unpaired) electrons. The van der Waals surface area contributed by atoms with Gasteiger partial charge in [-0.05, 0) is 40.3 Å².